The van der Waals surface area contributed by atoms with Crippen LogP contribution in [0, 0.1) is 0 Å². The van der Waals surface area contributed by atoms with Crippen LogP contribution in [0.1, 0.15) is 26.0 Å². The lowest BCUT2D eigenvalue weighted by Crippen LogP contribution is -2.55. The molecule has 0 spiro atoms. The summed E-state index contributed by atoms with van der Waals surface area (Å²) in [4.78, 5) is 23.1. The standard InChI is InChI=1S/C24H32N6O4S2/c1-4-6-19-21-22(28(3)27-19)24(31)26-23(25-21)18-13-17(7-8-20(18)34-5-2)36(32,33)30-11-9-29(10-12-30)16-14-35-15-16/h7-8,13,16H,4-6,9-12,14-15H2,1-3H3,(H,25,26,31). The number of aromatic nitrogens is 4. The molecule has 12 heteroatoms. The monoisotopic (exact) mass is 532 g/mol. The number of rotatable bonds is 8. The molecule has 2 aromatic heterocycles. The van der Waals surface area contributed by atoms with Crippen molar-refractivity contribution in [2.75, 3.05) is 44.3 Å². The number of ether oxygens (including phenoxy) is 1. The zero-order chi connectivity index (χ0) is 25.4. The van der Waals surface area contributed by atoms with Crippen molar-refractivity contribution in [2.24, 2.45) is 7.05 Å². The van der Waals surface area contributed by atoms with E-state index in [4.69, 9.17) is 9.72 Å². The molecule has 2 saturated heterocycles. The maximum atomic E-state index is 13.6. The van der Waals surface area contributed by atoms with Crippen LogP contribution in [0.25, 0.3) is 22.4 Å². The molecule has 10 nitrogen and oxygen atoms in total. The van der Waals surface area contributed by atoms with Crippen LogP contribution in [0.5, 0.6) is 5.75 Å². The number of piperazine rings is 1. The summed E-state index contributed by atoms with van der Waals surface area (Å²) >= 11 is 1.93. The maximum absolute atomic E-state index is 13.6. The van der Waals surface area contributed by atoms with Crippen molar-refractivity contribution in [3.63, 3.8) is 0 Å². The van der Waals surface area contributed by atoms with Crippen molar-refractivity contribution in [2.45, 2.75) is 37.6 Å². The van der Waals surface area contributed by atoms with Crippen molar-refractivity contribution >= 4 is 32.8 Å². The number of benzene rings is 1. The Balaban J connectivity index is 1.53. The SMILES string of the molecule is CCCc1nn(C)c2c(=O)[nH]c(-c3cc(S(=O)(=O)N4CCN(C5CSC5)CC4)ccc3OCC)nc12. The second-order valence-electron chi connectivity index (χ2n) is 9.15. The highest BCUT2D eigenvalue weighted by molar-refractivity contribution is 8.00. The zero-order valence-electron chi connectivity index (χ0n) is 20.9. The number of nitrogens with one attached hydrogen (secondary N) is 1. The van der Waals surface area contributed by atoms with Crippen LogP contribution < -0.4 is 10.3 Å². The molecule has 0 saturated carbocycles. The van der Waals surface area contributed by atoms with Crippen LogP contribution in [-0.4, -0.2) is 87.7 Å². The summed E-state index contributed by atoms with van der Waals surface area (Å²) in [6.07, 6.45) is 1.55. The molecular formula is C24H32N6O4S2. The number of aryl methyl sites for hydroxylation is 2. The van der Waals surface area contributed by atoms with Crippen LogP contribution in [-0.2, 0) is 23.5 Å². The van der Waals surface area contributed by atoms with Crippen molar-refractivity contribution < 1.29 is 13.2 Å². The van der Waals surface area contributed by atoms with E-state index in [1.807, 2.05) is 25.6 Å². The third kappa shape index (κ3) is 4.55. The first kappa shape index (κ1) is 25.2. The molecule has 194 valence electrons. The van der Waals surface area contributed by atoms with E-state index in [1.54, 1.807) is 34.2 Å². The van der Waals surface area contributed by atoms with Gasteiger partial charge in [-0.1, -0.05) is 13.3 Å². The molecule has 0 amide bonds. The van der Waals surface area contributed by atoms with Crippen molar-refractivity contribution in [1.29, 1.82) is 0 Å². The van der Waals surface area contributed by atoms with Gasteiger partial charge in [-0.15, -0.1) is 0 Å². The van der Waals surface area contributed by atoms with E-state index in [0.717, 1.165) is 36.7 Å². The van der Waals surface area contributed by atoms with E-state index >= 15 is 0 Å². The summed E-state index contributed by atoms with van der Waals surface area (Å²) in [5, 5.41) is 4.48. The van der Waals surface area contributed by atoms with E-state index in [1.165, 1.54) is 0 Å². The van der Waals surface area contributed by atoms with Crippen LogP contribution in [0.15, 0.2) is 27.9 Å². The minimum Gasteiger partial charge on any atom is -0.493 e. The first-order valence-corrected chi connectivity index (χ1v) is 15.0. The highest BCUT2D eigenvalue weighted by Crippen LogP contribution is 2.33. The molecule has 0 atom stereocenters. The Morgan fingerprint density at radius 3 is 2.56 bits per heavy atom. The van der Waals surface area contributed by atoms with Gasteiger partial charge in [-0.3, -0.25) is 14.4 Å². The number of fused-ring (bicyclic) bond motifs is 1. The summed E-state index contributed by atoms with van der Waals surface area (Å²) in [5.74, 6) is 2.99. The average molecular weight is 533 g/mol. The first-order valence-electron chi connectivity index (χ1n) is 12.4. The molecule has 0 bridgehead atoms. The number of thioether (sulfide) groups is 1. The molecule has 3 aromatic rings. The molecule has 2 fully saturated rings. The van der Waals surface area contributed by atoms with E-state index in [-0.39, 0.29) is 16.3 Å². The van der Waals surface area contributed by atoms with E-state index < -0.39 is 10.0 Å². The fourth-order valence-electron chi connectivity index (χ4n) is 4.81. The van der Waals surface area contributed by atoms with Gasteiger partial charge in [0.15, 0.2) is 5.52 Å². The van der Waals surface area contributed by atoms with Crippen molar-refractivity contribution in [1.82, 2.24) is 29.0 Å². The minimum absolute atomic E-state index is 0.163. The molecule has 1 N–H and O–H groups in total. The van der Waals surface area contributed by atoms with E-state index in [9.17, 15) is 13.2 Å². The van der Waals surface area contributed by atoms with Gasteiger partial charge in [0, 0.05) is 50.8 Å². The van der Waals surface area contributed by atoms with Crippen LogP contribution >= 0.6 is 11.8 Å². The van der Waals surface area contributed by atoms with Gasteiger partial charge in [0.1, 0.15) is 17.1 Å². The molecule has 2 aliphatic heterocycles. The van der Waals surface area contributed by atoms with Crippen molar-refractivity contribution in [3.05, 3.63) is 34.2 Å². The van der Waals surface area contributed by atoms with Crippen LogP contribution in [0.4, 0.5) is 0 Å². The highest BCUT2D eigenvalue weighted by atomic mass is 32.2. The number of aromatic amines is 1. The Labute approximate surface area is 215 Å². The van der Waals surface area contributed by atoms with Gasteiger partial charge >= 0.3 is 0 Å². The number of nitrogens with zero attached hydrogens (tertiary/aromatic N) is 5. The van der Waals surface area contributed by atoms with Gasteiger partial charge in [-0.05, 0) is 31.5 Å². The predicted octanol–water partition coefficient (Wildman–Crippen LogP) is 2.10. The summed E-state index contributed by atoms with van der Waals surface area (Å²) in [6, 6.07) is 5.35. The topological polar surface area (TPSA) is 113 Å². The fourth-order valence-corrected chi connectivity index (χ4v) is 7.12. The molecule has 5 rings (SSSR count). The summed E-state index contributed by atoms with van der Waals surface area (Å²) in [5.41, 5.74) is 1.78. The molecule has 0 unspecified atom stereocenters. The molecule has 2 aliphatic rings. The van der Waals surface area contributed by atoms with Crippen molar-refractivity contribution in [3.8, 4) is 17.1 Å². The Morgan fingerprint density at radius 1 is 1.17 bits per heavy atom. The lowest BCUT2D eigenvalue weighted by atomic mass is 10.1. The van der Waals surface area contributed by atoms with Gasteiger partial charge in [0.2, 0.25) is 10.0 Å². The second kappa shape index (κ2) is 10.2. The predicted molar refractivity (Wildman–Crippen MR) is 141 cm³/mol. The quantitative estimate of drug-likeness (QED) is 0.469. The van der Waals surface area contributed by atoms with Gasteiger partial charge in [-0.2, -0.15) is 21.2 Å². The third-order valence-electron chi connectivity index (χ3n) is 6.80. The number of sulfonamides is 1. The van der Waals surface area contributed by atoms with E-state index in [2.05, 4.69) is 15.0 Å². The molecule has 0 aliphatic carbocycles. The number of H-pyrrole nitrogens is 1. The normalized spacial score (nSPS) is 18.0. The van der Waals surface area contributed by atoms with Gasteiger partial charge in [-0.25, -0.2) is 13.4 Å². The Morgan fingerprint density at radius 2 is 1.92 bits per heavy atom. The van der Waals surface area contributed by atoms with Gasteiger partial charge < -0.3 is 9.72 Å². The molecular weight excluding hydrogens is 500 g/mol. The first-order chi connectivity index (χ1) is 17.3. The molecule has 1 aromatic carbocycles. The zero-order valence-corrected chi connectivity index (χ0v) is 22.5. The number of hydrogen-bond acceptors (Lipinski definition) is 8. The molecule has 36 heavy (non-hydrogen) atoms. The smallest absolute Gasteiger partial charge is 0.277 e. The van der Waals surface area contributed by atoms with E-state index in [0.29, 0.717) is 54.5 Å². The highest BCUT2D eigenvalue weighted by Gasteiger charge is 2.33. The lowest BCUT2D eigenvalue weighted by Gasteiger charge is -2.42. The second-order valence-corrected chi connectivity index (χ2v) is 12.2. The molecule has 4 heterocycles. The maximum Gasteiger partial charge on any atom is 0.277 e. The van der Waals surface area contributed by atoms with Gasteiger partial charge in [0.05, 0.1) is 22.8 Å². The summed E-state index contributed by atoms with van der Waals surface area (Å²) in [7, 11) is -2.00. The number of hydrogen-bond donors (Lipinski definition) is 1. The Bertz CT molecular complexity index is 1420. The third-order valence-corrected chi connectivity index (χ3v) is 9.94. The van der Waals surface area contributed by atoms with Gasteiger partial charge in [0.25, 0.3) is 5.56 Å². The fraction of sp³-hybridized carbons (Fsp3) is 0.542. The Hall–Kier alpha value is -2.41. The summed E-state index contributed by atoms with van der Waals surface area (Å²) < 4.78 is 36.1. The largest absolute Gasteiger partial charge is 0.493 e. The average Bonchev–Trinajstić information content (AvgIpc) is 3.14. The molecule has 0 radical (unpaired) electrons. The summed E-state index contributed by atoms with van der Waals surface area (Å²) in [6.45, 7) is 6.69. The minimum atomic E-state index is -3.72. The Kier molecular flexibility index (Phi) is 7.12. The van der Waals surface area contributed by atoms with Crippen LogP contribution in [0.2, 0.25) is 0 Å². The van der Waals surface area contributed by atoms with Crippen LogP contribution in [0.3, 0.4) is 0 Å². The lowest BCUT2D eigenvalue weighted by molar-refractivity contribution is 0.153.